The largest absolute Gasteiger partial charge is 0.502 e. The molecule has 4 heteroatoms. The van der Waals surface area contributed by atoms with E-state index < -0.39 is 5.97 Å². The maximum Gasteiger partial charge on any atom is 0.379 e. The fourth-order valence-corrected chi connectivity index (χ4v) is 1.80. The molecule has 1 aliphatic heterocycles. The van der Waals surface area contributed by atoms with Crippen molar-refractivity contribution in [3.05, 3.63) is 22.7 Å². The molecule has 1 N–H and O–H groups in total. The lowest BCUT2D eigenvalue weighted by atomic mass is 9.91. The number of fused-ring (bicyclic) bond motifs is 1. The Kier molecular flexibility index (Phi) is 1.91. The molecule has 0 aromatic carbocycles. The van der Waals surface area contributed by atoms with Crippen LogP contribution in [0.2, 0.25) is 0 Å². The minimum atomic E-state index is -0.740. The predicted octanol–water partition coefficient (Wildman–Crippen LogP) is 1.38. The van der Waals surface area contributed by atoms with Gasteiger partial charge in [0.1, 0.15) is 5.76 Å². The van der Waals surface area contributed by atoms with Gasteiger partial charge in [0.05, 0.1) is 0 Å². The molecule has 0 saturated heterocycles. The summed E-state index contributed by atoms with van der Waals surface area (Å²) in [7, 11) is 0. The third-order valence-corrected chi connectivity index (χ3v) is 2.50. The SMILES string of the molecule is CC(=O)C1=C2OC(=O)C(O)=C2CCC1. The van der Waals surface area contributed by atoms with Gasteiger partial charge in [-0.1, -0.05) is 0 Å². The van der Waals surface area contributed by atoms with Gasteiger partial charge in [-0.2, -0.15) is 0 Å². The zero-order valence-electron chi connectivity index (χ0n) is 7.79. The first-order valence-corrected chi connectivity index (χ1v) is 4.50. The van der Waals surface area contributed by atoms with Crippen LogP contribution in [-0.4, -0.2) is 16.9 Å². The first-order valence-electron chi connectivity index (χ1n) is 4.50. The summed E-state index contributed by atoms with van der Waals surface area (Å²) in [6, 6.07) is 0. The molecule has 0 radical (unpaired) electrons. The van der Waals surface area contributed by atoms with Gasteiger partial charge in [0.25, 0.3) is 0 Å². The van der Waals surface area contributed by atoms with Crippen molar-refractivity contribution in [2.24, 2.45) is 0 Å². The van der Waals surface area contributed by atoms with E-state index in [1.54, 1.807) is 0 Å². The molecule has 0 unspecified atom stereocenters. The van der Waals surface area contributed by atoms with E-state index in [1.165, 1.54) is 6.92 Å². The van der Waals surface area contributed by atoms with Crippen molar-refractivity contribution < 1.29 is 19.4 Å². The fraction of sp³-hybridized carbons (Fsp3) is 0.400. The minimum Gasteiger partial charge on any atom is -0.502 e. The number of allylic oxidation sites excluding steroid dienone is 2. The van der Waals surface area contributed by atoms with Crippen LogP contribution in [0.5, 0.6) is 0 Å². The number of aliphatic hydroxyl groups excluding tert-OH is 1. The van der Waals surface area contributed by atoms with Gasteiger partial charge in [-0.25, -0.2) is 4.79 Å². The Bertz CT molecular complexity index is 387. The molecule has 2 rings (SSSR count). The fourth-order valence-electron chi connectivity index (χ4n) is 1.80. The summed E-state index contributed by atoms with van der Waals surface area (Å²) in [4.78, 5) is 22.2. The first kappa shape index (κ1) is 8.99. The van der Waals surface area contributed by atoms with Crippen molar-refractivity contribution in [3.63, 3.8) is 0 Å². The molecule has 0 atom stereocenters. The number of Topliss-reactive ketones (excluding diaryl/α,β-unsaturated/α-hetero) is 1. The number of esters is 1. The van der Waals surface area contributed by atoms with Crippen LogP contribution in [0.4, 0.5) is 0 Å². The van der Waals surface area contributed by atoms with E-state index >= 15 is 0 Å². The van der Waals surface area contributed by atoms with Crippen molar-refractivity contribution in [1.29, 1.82) is 0 Å². The zero-order valence-corrected chi connectivity index (χ0v) is 7.79. The van der Waals surface area contributed by atoms with Gasteiger partial charge in [-0.3, -0.25) is 4.79 Å². The van der Waals surface area contributed by atoms with Gasteiger partial charge in [0.2, 0.25) is 5.76 Å². The summed E-state index contributed by atoms with van der Waals surface area (Å²) in [6.45, 7) is 1.44. The summed E-state index contributed by atoms with van der Waals surface area (Å²) in [5.74, 6) is -0.875. The van der Waals surface area contributed by atoms with E-state index in [2.05, 4.69) is 0 Å². The summed E-state index contributed by atoms with van der Waals surface area (Å²) in [5.41, 5.74) is 1.01. The lowest BCUT2D eigenvalue weighted by Gasteiger charge is -2.14. The van der Waals surface area contributed by atoms with Gasteiger partial charge < -0.3 is 9.84 Å². The topological polar surface area (TPSA) is 63.6 Å². The van der Waals surface area contributed by atoms with Crippen molar-refractivity contribution in [1.82, 2.24) is 0 Å². The van der Waals surface area contributed by atoms with Crippen molar-refractivity contribution in [3.8, 4) is 0 Å². The third-order valence-electron chi connectivity index (χ3n) is 2.50. The molecule has 1 aliphatic carbocycles. The molecule has 4 nitrogen and oxygen atoms in total. The first-order chi connectivity index (χ1) is 6.61. The molecule has 0 aromatic heterocycles. The third kappa shape index (κ3) is 1.14. The maximum atomic E-state index is 11.2. The Balaban J connectivity index is 2.54. The van der Waals surface area contributed by atoms with Crippen molar-refractivity contribution in [2.75, 3.05) is 0 Å². The molecule has 2 aliphatic rings. The summed E-state index contributed by atoms with van der Waals surface area (Å²) < 4.78 is 4.85. The van der Waals surface area contributed by atoms with Gasteiger partial charge in [-0.15, -0.1) is 0 Å². The van der Waals surface area contributed by atoms with Crippen LogP contribution in [0, 0.1) is 0 Å². The zero-order chi connectivity index (χ0) is 10.3. The summed E-state index contributed by atoms with van der Waals surface area (Å²) in [6.07, 6.45) is 1.99. The van der Waals surface area contributed by atoms with E-state index in [0.29, 0.717) is 29.7 Å². The van der Waals surface area contributed by atoms with Crippen LogP contribution < -0.4 is 0 Å². The second kappa shape index (κ2) is 2.97. The number of carbonyl (C=O) groups is 2. The Morgan fingerprint density at radius 3 is 2.79 bits per heavy atom. The van der Waals surface area contributed by atoms with Crippen LogP contribution in [-0.2, 0) is 14.3 Å². The van der Waals surface area contributed by atoms with Gasteiger partial charge in [0, 0.05) is 11.1 Å². The molecule has 74 valence electrons. The van der Waals surface area contributed by atoms with E-state index in [4.69, 9.17) is 4.74 Å². The number of ether oxygens (including phenoxy) is 1. The van der Waals surface area contributed by atoms with Crippen molar-refractivity contribution in [2.45, 2.75) is 26.2 Å². The van der Waals surface area contributed by atoms with Gasteiger partial charge in [-0.05, 0) is 26.2 Å². The molecule has 1 heterocycles. The number of ketones is 1. The summed E-state index contributed by atoms with van der Waals surface area (Å²) >= 11 is 0. The maximum absolute atomic E-state index is 11.2. The second-order valence-corrected chi connectivity index (χ2v) is 3.43. The van der Waals surface area contributed by atoms with E-state index in [1.807, 2.05) is 0 Å². The number of rotatable bonds is 1. The van der Waals surface area contributed by atoms with E-state index in [0.717, 1.165) is 6.42 Å². The highest BCUT2D eigenvalue weighted by atomic mass is 16.6. The van der Waals surface area contributed by atoms with Crippen LogP contribution in [0.25, 0.3) is 0 Å². The molecule has 14 heavy (non-hydrogen) atoms. The Morgan fingerprint density at radius 1 is 1.43 bits per heavy atom. The van der Waals surface area contributed by atoms with Gasteiger partial charge in [0.15, 0.2) is 5.78 Å². The number of hydrogen-bond acceptors (Lipinski definition) is 4. The Hall–Kier alpha value is -1.58. The quantitative estimate of drug-likeness (QED) is 0.640. The minimum absolute atomic E-state index is 0.0975. The smallest absolute Gasteiger partial charge is 0.379 e. The molecule has 0 amide bonds. The normalized spacial score (nSPS) is 21.1. The van der Waals surface area contributed by atoms with Crippen LogP contribution in [0.1, 0.15) is 26.2 Å². The monoisotopic (exact) mass is 194 g/mol. The van der Waals surface area contributed by atoms with E-state index in [9.17, 15) is 14.7 Å². The highest BCUT2D eigenvalue weighted by Crippen LogP contribution is 2.37. The molecular formula is C10H10O4. The molecule has 0 bridgehead atoms. The number of aliphatic hydroxyl groups is 1. The molecule has 0 saturated carbocycles. The standard InChI is InChI=1S/C10H10O4/c1-5(11)6-3-2-4-7-8(12)10(13)14-9(6)7/h12H,2-4H2,1H3. The van der Waals surface area contributed by atoms with Crippen LogP contribution in [0.15, 0.2) is 22.7 Å². The Labute approximate surface area is 80.9 Å². The average Bonchev–Trinajstić information content (AvgIpc) is 2.43. The molecule has 0 spiro atoms. The lowest BCUT2D eigenvalue weighted by Crippen LogP contribution is -2.08. The highest BCUT2D eigenvalue weighted by Gasteiger charge is 2.35. The molecule has 0 aromatic rings. The Morgan fingerprint density at radius 2 is 2.14 bits per heavy atom. The number of carbonyl (C=O) groups excluding carboxylic acids is 2. The average molecular weight is 194 g/mol. The number of hydrogen-bond donors (Lipinski definition) is 1. The van der Waals surface area contributed by atoms with Gasteiger partial charge >= 0.3 is 5.97 Å². The lowest BCUT2D eigenvalue weighted by molar-refractivity contribution is -0.135. The van der Waals surface area contributed by atoms with Crippen molar-refractivity contribution >= 4 is 11.8 Å². The summed E-state index contributed by atoms with van der Waals surface area (Å²) in [5, 5.41) is 9.35. The van der Waals surface area contributed by atoms with E-state index in [-0.39, 0.29) is 11.5 Å². The highest BCUT2D eigenvalue weighted by molar-refractivity contribution is 5.99. The second-order valence-electron chi connectivity index (χ2n) is 3.43. The van der Waals surface area contributed by atoms with Crippen LogP contribution in [0.3, 0.4) is 0 Å². The molecular weight excluding hydrogens is 184 g/mol. The predicted molar refractivity (Wildman–Crippen MR) is 47.3 cm³/mol. The van der Waals surface area contributed by atoms with Crippen LogP contribution >= 0.6 is 0 Å². The molecule has 0 fully saturated rings.